The number of rotatable bonds is 11. The van der Waals surface area contributed by atoms with Crippen molar-refractivity contribution in [3.8, 4) is 6.07 Å². The maximum atomic E-state index is 14.4. The Balaban J connectivity index is 1.16. The molecule has 0 radical (unpaired) electrons. The molecule has 1 aliphatic heterocycles. The number of fused-ring (bicyclic) bond motifs is 1. The van der Waals surface area contributed by atoms with E-state index in [1.54, 1.807) is 86.0 Å². The van der Waals surface area contributed by atoms with Gasteiger partial charge >= 0.3 is 0 Å². The van der Waals surface area contributed by atoms with Gasteiger partial charge in [-0.2, -0.15) is 5.26 Å². The molecule has 3 heterocycles. The lowest BCUT2D eigenvalue weighted by Gasteiger charge is -2.27. The van der Waals surface area contributed by atoms with Crippen molar-refractivity contribution in [2.45, 2.75) is 75.0 Å². The highest BCUT2D eigenvalue weighted by atomic mass is 35.5. The molecule has 0 spiro atoms. The molecule has 2 saturated carbocycles. The van der Waals surface area contributed by atoms with Crippen LogP contribution in [0, 0.1) is 11.3 Å². The van der Waals surface area contributed by atoms with Crippen LogP contribution < -0.4 is 20.9 Å². The number of nitrogens with zero attached hydrogens (tertiary/aromatic N) is 5. The maximum Gasteiger partial charge on any atom is 0.270 e. The molecule has 7 rings (SSSR count). The van der Waals surface area contributed by atoms with Crippen LogP contribution in [-0.4, -0.2) is 61.0 Å². The van der Waals surface area contributed by atoms with Gasteiger partial charge in [-0.25, -0.2) is 14.9 Å². The van der Waals surface area contributed by atoms with Crippen LogP contribution in [0.5, 0.6) is 0 Å². The number of pyridine rings is 1. The van der Waals surface area contributed by atoms with Gasteiger partial charge in [-0.05, 0) is 94.5 Å². The Morgan fingerprint density at radius 1 is 0.981 bits per heavy atom. The quantitative estimate of drug-likeness (QED) is 0.171. The molecule has 0 unspecified atom stereocenters. The Hall–Kier alpha value is -5.29. The second-order valence-corrected chi connectivity index (χ2v) is 15.7. The molecule has 2 aromatic heterocycles. The predicted octanol–water partition coefficient (Wildman–Crippen LogP) is 4.66. The molecule has 15 heteroatoms. The third-order valence-corrected chi connectivity index (χ3v) is 10.5. The fraction of sp³-hybridized carbons (Fsp3) is 0.342. The average molecular weight is 756 g/mol. The smallest absolute Gasteiger partial charge is 0.270 e. The van der Waals surface area contributed by atoms with Crippen molar-refractivity contribution in [3.05, 3.63) is 105 Å². The number of hydrogen-bond acceptors (Lipinski definition) is 8. The highest BCUT2D eigenvalue weighted by Gasteiger charge is 2.57. The zero-order valence-corrected chi connectivity index (χ0v) is 30.7. The summed E-state index contributed by atoms with van der Waals surface area (Å²) < 4.78 is 1.58. The summed E-state index contributed by atoms with van der Waals surface area (Å²) in [6, 6.07) is 18.7. The molecular formula is C38H36Cl2N8O5. The molecule has 4 aromatic rings. The highest BCUT2D eigenvalue weighted by molar-refractivity contribution is 6.35. The number of aliphatic hydroxyl groups excluding tert-OH is 1. The van der Waals surface area contributed by atoms with Gasteiger partial charge in [0.05, 0.1) is 46.9 Å². The second kappa shape index (κ2) is 13.0. The van der Waals surface area contributed by atoms with E-state index in [0.717, 1.165) is 5.56 Å². The van der Waals surface area contributed by atoms with Crippen LogP contribution in [0.3, 0.4) is 0 Å². The van der Waals surface area contributed by atoms with E-state index in [9.17, 15) is 29.5 Å². The first-order chi connectivity index (χ1) is 25.1. The Morgan fingerprint density at radius 2 is 1.66 bits per heavy atom. The Labute approximate surface area is 315 Å². The number of hydrogen-bond donors (Lipinski definition) is 4. The number of benzene rings is 2. The molecule has 0 bridgehead atoms. The summed E-state index contributed by atoms with van der Waals surface area (Å²) in [7, 11) is 0. The Kier molecular flexibility index (Phi) is 8.84. The van der Waals surface area contributed by atoms with E-state index in [2.05, 4.69) is 32.0 Å². The minimum atomic E-state index is -1.35. The lowest BCUT2D eigenvalue weighted by molar-refractivity contribution is -0.125. The van der Waals surface area contributed by atoms with Crippen LogP contribution >= 0.6 is 23.2 Å². The topological polar surface area (TPSA) is 182 Å². The van der Waals surface area contributed by atoms with E-state index < -0.39 is 34.0 Å². The second-order valence-electron chi connectivity index (χ2n) is 14.8. The Morgan fingerprint density at radius 3 is 2.26 bits per heavy atom. The summed E-state index contributed by atoms with van der Waals surface area (Å²) in [5.41, 5.74) is -1.87. The molecule has 2 fully saturated rings. The molecule has 13 nitrogen and oxygen atoms in total. The SMILES string of the molecule is CC(C)(CO)NC(=O)c1cccc(C2(NC(=O)C3(NC(=O)c4cnc5n4[C@](C)(Cc4ccc(C#N)cc4)C(=O)N5c4cc(Cl)cc(Cl)c4)CC3)CC2)n1. The summed E-state index contributed by atoms with van der Waals surface area (Å²) in [6.07, 6.45) is 3.51. The largest absolute Gasteiger partial charge is 0.394 e. The van der Waals surface area contributed by atoms with Crippen molar-refractivity contribution in [2.75, 3.05) is 11.5 Å². The van der Waals surface area contributed by atoms with Crippen LogP contribution in [0.1, 0.15) is 84.3 Å². The maximum absolute atomic E-state index is 14.4. The molecular weight excluding hydrogens is 719 g/mol. The monoisotopic (exact) mass is 754 g/mol. The van der Waals surface area contributed by atoms with Crippen molar-refractivity contribution in [2.24, 2.45) is 0 Å². The Bertz CT molecular complexity index is 2200. The molecule has 4 N–H and O–H groups in total. The van der Waals surface area contributed by atoms with Gasteiger partial charge < -0.3 is 21.1 Å². The van der Waals surface area contributed by atoms with Crippen LogP contribution in [-0.2, 0) is 27.1 Å². The van der Waals surface area contributed by atoms with Crippen molar-refractivity contribution >= 4 is 58.5 Å². The van der Waals surface area contributed by atoms with E-state index in [4.69, 9.17) is 23.2 Å². The van der Waals surface area contributed by atoms with Crippen molar-refractivity contribution < 1.29 is 24.3 Å². The number of nitrogens with one attached hydrogen (secondary N) is 3. The number of halogens is 2. The predicted molar refractivity (Wildman–Crippen MR) is 196 cm³/mol. The van der Waals surface area contributed by atoms with Gasteiger partial charge in [0.1, 0.15) is 22.5 Å². The van der Waals surface area contributed by atoms with Crippen LogP contribution in [0.4, 0.5) is 11.6 Å². The fourth-order valence-electron chi connectivity index (χ4n) is 6.69. The normalized spacial score (nSPS) is 19.2. The summed E-state index contributed by atoms with van der Waals surface area (Å²) in [5, 5.41) is 28.3. The lowest BCUT2D eigenvalue weighted by Crippen LogP contribution is -2.52. The third-order valence-electron chi connectivity index (χ3n) is 10.0. The molecule has 4 amide bonds. The number of carbonyl (C=O) groups excluding carboxylic acids is 4. The first-order valence-electron chi connectivity index (χ1n) is 17.1. The van der Waals surface area contributed by atoms with Gasteiger partial charge in [-0.15, -0.1) is 0 Å². The third kappa shape index (κ3) is 6.63. The van der Waals surface area contributed by atoms with Crippen LogP contribution in [0.15, 0.2) is 66.9 Å². The highest BCUT2D eigenvalue weighted by Crippen LogP contribution is 2.47. The summed E-state index contributed by atoms with van der Waals surface area (Å²) in [4.78, 5) is 65.9. The molecule has 0 saturated heterocycles. The summed E-state index contributed by atoms with van der Waals surface area (Å²) in [6.45, 7) is 4.84. The number of aromatic nitrogens is 3. The molecule has 53 heavy (non-hydrogen) atoms. The minimum absolute atomic E-state index is 0.0755. The average Bonchev–Trinajstić information content (AvgIpc) is 4.03. The molecule has 272 valence electrons. The number of carbonyl (C=O) groups is 4. The number of aliphatic hydroxyl groups is 1. The van der Waals surface area contributed by atoms with Crippen LogP contribution in [0.25, 0.3) is 0 Å². The lowest BCUT2D eigenvalue weighted by atomic mass is 9.91. The van der Waals surface area contributed by atoms with Crippen molar-refractivity contribution in [1.29, 1.82) is 5.26 Å². The van der Waals surface area contributed by atoms with E-state index in [1.807, 2.05) is 0 Å². The number of imidazole rings is 1. The van der Waals surface area contributed by atoms with Gasteiger partial charge in [0, 0.05) is 16.5 Å². The zero-order valence-electron chi connectivity index (χ0n) is 29.2. The summed E-state index contributed by atoms with van der Waals surface area (Å²) >= 11 is 12.7. The molecule has 2 aromatic carbocycles. The number of amides is 4. The zero-order chi connectivity index (χ0) is 37.9. The van der Waals surface area contributed by atoms with Gasteiger partial charge in [-0.3, -0.25) is 23.7 Å². The van der Waals surface area contributed by atoms with Gasteiger partial charge in [0.15, 0.2) is 0 Å². The number of nitriles is 1. The molecule has 1 atom stereocenters. The van der Waals surface area contributed by atoms with Gasteiger partial charge in [-0.1, -0.05) is 41.4 Å². The van der Waals surface area contributed by atoms with Crippen LogP contribution in [0.2, 0.25) is 10.0 Å². The first kappa shape index (κ1) is 36.1. The van der Waals surface area contributed by atoms with Gasteiger partial charge in [0.2, 0.25) is 11.9 Å². The number of anilines is 2. The fourth-order valence-corrected chi connectivity index (χ4v) is 7.20. The minimum Gasteiger partial charge on any atom is -0.394 e. The summed E-state index contributed by atoms with van der Waals surface area (Å²) in [5.74, 6) is -1.62. The van der Waals surface area contributed by atoms with E-state index in [1.165, 1.54) is 11.1 Å². The van der Waals surface area contributed by atoms with Gasteiger partial charge in [0.25, 0.3) is 17.7 Å². The standard InChI is InChI=1S/C38H36Cl2N8O5/c1-35(2,21-49)44-30(50)27-5-4-6-29(43-27)37(11-12-37)46-32(52)38(13-14-38)45-31(51)28-20-42-34-47(26-16-24(39)15-25(40)17-26)33(53)36(3,48(28)34)18-22-7-9-23(19-41)10-8-22/h4-10,15-17,20,49H,11-14,18,21H2,1-3H3,(H,44,50)(H,45,51)(H,46,52)/t36-/m1/s1. The van der Waals surface area contributed by atoms with Crippen molar-refractivity contribution in [3.63, 3.8) is 0 Å². The first-order valence-corrected chi connectivity index (χ1v) is 17.8. The van der Waals surface area contributed by atoms with E-state index in [-0.39, 0.29) is 42.2 Å². The van der Waals surface area contributed by atoms with E-state index >= 15 is 0 Å². The van der Waals surface area contributed by atoms with E-state index in [0.29, 0.717) is 52.7 Å². The molecule has 2 aliphatic carbocycles. The van der Waals surface area contributed by atoms with Crippen molar-refractivity contribution in [1.82, 2.24) is 30.5 Å². The molecule has 3 aliphatic rings.